The molecule has 2 atom stereocenters. The Hall–Kier alpha value is -0.633. The number of hydrogen-bond acceptors (Lipinski definition) is 3. The highest BCUT2D eigenvalue weighted by molar-refractivity contribution is 7.84. The SMILES string of the molecule is CC(C)(C[C@H](CO[Si](C)(C)C(C)(C)C)c1ccc(F)cn1)S(N)=O. The van der Waals surface area contributed by atoms with Crippen LogP contribution in [0, 0.1) is 5.82 Å². The van der Waals surface area contributed by atoms with Crippen LogP contribution < -0.4 is 5.14 Å². The summed E-state index contributed by atoms with van der Waals surface area (Å²) in [5, 5.41) is 5.73. The molecule has 4 nitrogen and oxygen atoms in total. The second-order valence-corrected chi connectivity index (χ2v) is 14.9. The van der Waals surface area contributed by atoms with E-state index in [4.69, 9.17) is 9.56 Å². The molecule has 0 saturated carbocycles. The van der Waals surface area contributed by atoms with Crippen LogP contribution in [-0.2, 0) is 15.4 Å². The van der Waals surface area contributed by atoms with Crippen molar-refractivity contribution in [2.75, 3.05) is 6.61 Å². The van der Waals surface area contributed by atoms with Gasteiger partial charge in [0.25, 0.3) is 0 Å². The Labute approximate surface area is 149 Å². The van der Waals surface area contributed by atoms with E-state index in [9.17, 15) is 8.60 Å². The van der Waals surface area contributed by atoms with Crippen LogP contribution in [-0.4, -0.2) is 28.9 Å². The Morgan fingerprint density at radius 3 is 2.29 bits per heavy atom. The molecule has 0 radical (unpaired) electrons. The van der Waals surface area contributed by atoms with E-state index < -0.39 is 24.1 Å². The molecule has 1 unspecified atom stereocenters. The van der Waals surface area contributed by atoms with Gasteiger partial charge < -0.3 is 4.43 Å². The largest absolute Gasteiger partial charge is 0.416 e. The third-order valence-corrected chi connectivity index (χ3v) is 10.7. The Balaban J connectivity index is 3.02. The summed E-state index contributed by atoms with van der Waals surface area (Å²) in [6.07, 6.45) is 1.77. The first kappa shape index (κ1) is 21.4. The molecular weight excluding hydrogens is 343 g/mol. The zero-order chi connectivity index (χ0) is 18.8. The Kier molecular flexibility index (Phi) is 6.89. The van der Waals surface area contributed by atoms with E-state index in [0.29, 0.717) is 13.0 Å². The van der Waals surface area contributed by atoms with Crippen LogP contribution in [0.5, 0.6) is 0 Å². The third kappa shape index (κ3) is 5.72. The van der Waals surface area contributed by atoms with Crippen LogP contribution >= 0.6 is 0 Å². The molecule has 7 heteroatoms. The average Bonchev–Trinajstić information content (AvgIpc) is 2.43. The summed E-state index contributed by atoms with van der Waals surface area (Å²) in [7, 11) is -3.39. The van der Waals surface area contributed by atoms with Gasteiger partial charge in [-0.25, -0.2) is 8.60 Å². The molecule has 24 heavy (non-hydrogen) atoms. The summed E-state index contributed by atoms with van der Waals surface area (Å²) >= 11 is 0. The number of rotatable bonds is 7. The van der Waals surface area contributed by atoms with E-state index in [0.717, 1.165) is 5.69 Å². The van der Waals surface area contributed by atoms with Gasteiger partial charge in [-0.15, -0.1) is 0 Å². The number of halogens is 1. The van der Waals surface area contributed by atoms with Crippen LogP contribution in [0.25, 0.3) is 0 Å². The van der Waals surface area contributed by atoms with Crippen molar-refractivity contribution < 1.29 is 13.0 Å². The van der Waals surface area contributed by atoms with Gasteiger partial charge in [0.05, 0.1) is 21.9 Å². The number of nitrogens with zero attached hydrogens (tertiary/aromatic N) is 1. The standard InChI is InChI=1S/C17H31FN2O2SSi/c1-16(2,3)24(6,7)22-12-13(10-17(4,5)23(19)21)15-9-8-14(18)11-20-15/h8-9,11,13H,10,12,19H2,1-7H3/t13-,23?/m1/s1. The van der Waals surface area contributed by atoms with E-state index in [1.165, 1.54) is 12.3 Å². The minimum absolute atomic E-state index is 0.0813. The summed E-state index contributed by atoms with van der Waals surface area (Å²) in [5.41, 5.74) is 0.744. The minimum atomic E-state index is -1.92. The molecule has 0 spiro atoms. The molecular formula is C17H31FN2O2SSi. The third-order valence-electron chi connectivity index (χ3n) is 4.90. The summed E-state index contributed by atoms with van der Waals surface area (Å²) in [6.45, 7) is 15.1. The Bertz CT molecular complexity index is 571. The van der Waals surface area contributed by atoms with Crippen molar-refractivity contribution >= 4 is 19.3 Å². The van der Waals surface area contributed by atoms with Crippen LogP contribution in [0.3, 0.4) is 0 Å². The van der Waals surface area contributed by atoms with Crippen LogP contribution in [0.1, 0.15) is 52.7 Å². The lowest BCUT2D eigenvalue weighted by Gasteiger charge is -2.38. The first-order chi connectivity index (χ1) is 10.8. The molecule has 0 aliphatic carbocycles. The van der Waals surface area contributed by atoms with E-state index in [1.54, 1.807) is 6.07 Å². The lowest BCUT2D eigenvalue weighted by atomic mass is 9.94. The number of pyridine rings is 1. The number of hydrogen-bond donors (Lipinski definition) is 1. The van der Waals surface area contributed by atoms with Crippen molar-refractivity contribution in [3.05, 3.63) is 29.8 Å². The normalized spacial score (nSPS) is 16.0. The van der Waals surface area contributed by atoms with Crippen molar-refractivity contribution in [2.24, 2.45) is 5.14 Å². The van der Waals surface area contributed by atoms with Gasteiger partial charge in [0.2, 0.25) is 0 Å². The summed E-state index contributed by atoms with van der Waals surface area (Å²) in [5.74, 6) is -0.452. The van der Waals surface area contributed by atoms with E-state index in [2.05, 4.69) is 38.8 Å². The van der Waals surface area contributed by atoms with Crippen molar-refractivity contribution in [1.82, 2.24) is 4.98 Å². The second-order valence-electron chi connectivity index (χ2n) is 8.43. The van der Waals surface area contributed by atoms with Gasteiger partial charge in [-0.1, -0.05) is 20.8 Å². The predicted octanol–water partition coefficient (Wildman–Crippen LogP) is 4.12. The molecule has 138 valence electrons. The van der Waals surface area contributed by atoms with Gasteiger partial charge in [-0.3, -0.25) is 10.1 Å². The van der Waals surface area contributed by atoms with Crippen molar-refractivity contribution in [2.45, 2.75) is 69.8 Å². The lowest BCUT2D eigenvalue weighted by Crippen LogP contribution is -2.42. The monoisotopic (exact) mass is 374 g/mol. The minimum Gasteiger partial charge on any atom is -0.416 e. The van der Waals surface area contributed by atoms with Gasteiger partial charge in [-0.05, 0) is 50.5 Å². The van der Waals surface area contributed by atoms with Gasteiger partial charge in [0.1, 0.15) is 5.82 Å². The fraction of sp³-hybridized carbons (Fsp3) is 0.706. The molecule has 0 amide bonds. The van der Waals surface area contributed by atoms with Gasteiger partial charge in [-0.2, -0.15) is 0 Å². The molecule has 0 aliphatic heterocycles. The number of nitrogens with two attached hydrogens (primary N) is 1. The first-order valence-corrected chi connectivity index (χ1v) is 12.3. The second kappa shape index (κ2) is 7.72. The predicted molar refractivity (Wildman–Crippen MR) is 101 cm³/mol. The summed E-state index contributed by atoms with van der Waals surface area (Å²) in [4.78, 5) is 4.21. The Morgan fingerprint density at radius 1 is 1.29 bits per heavy atom. The molecule has 0 fully saturated rings. The van der Waals surface area contributed by atoms with Crippen molar-refractivity contribution in [3.8, 4) is 0 Å². The molecule has 1 heterocycles. The van der Waals surface area contributed by atoms with E-state index >= 15 is 0 Å². The molecule has 1 rings (SSSR count). The highest BCUT2D eigenvalue weighted by Gasteiger charge is 2.38. The van der Waals surface area contributed by atoms with E-state index in [1.807, 2.05) is 13.8 Å². The molecule has 0 aliphatic rings. The fourth-order valence-electron chi connectivity index (χ4n) is 2.08. The van der Waals surface area contributed by atoms with Gasteiger partial charge in [0, 0.05) is 18.2 Å². The van der Waals surface area contributed by atoms with Crippen LogP contribution in [0.15, 0.2) is 18.3 Å². The average molecular weight is 375 g/mol. The van der Waals surface area contributed by atoms with Crippen LogP contribution in [0.4, 0.5) is 4.39 Å². The van der Waals surface area contributed by atoms with Crippen molar-refractivity contribution in [1.29, 1.82) is 0 Å². The molecule has 1 aromatic rings. The fourth-order valence-corrected chi connectivity index (χ4v) is 3.49. The molecule has 0 aromatic carbocycles. The van der Waals surface area contributed by atoms with Gasteiger partial charge in [0.15, 0.2) is 8.32 Å². The summed E-state index contributed by atoms with van der Waals surface area (Å²) < 4.78 is 30.8. The molecule has 0 bridgehead atoms. The summed E-state index contributed by atoms with van der Waals surface area (Å²) in [6, 6.07) is 3.07. The smallest absolute Gasteiger partial charge is 0.192 e. The highest BCUT2D eigenvalue weighted by atomic mass is 32.2. The Morgan fingerprint density at radius 2 is 1.88 bits per heavy atom. The molecule has 2 N–H and O–H groups in total. The highest BCUT2D eigenvalue weighted by Crippen LogP contribution is 2.38. The first-order valence-electron chi connectivity index (χ1n) is 8.18. The molecule has 0 saturated heterocycles. The number of aromatic nitrogens is 1. The molecule has 1 aromatic heterocycles. The van der Waals surface area contributed by atoms with Crippen molar-refractivity contribution in [3.63, 3.8) is 0 Å². The zero-order valence-corrected chi connectivity index (χ0v) is 17.7. The lowest BCUT2D eigenvalue weighted by molar-refractivity contribution is 0.248. The van der Waals surface area contributed by atoms with Crippen LogP contribution in [0.2, 0.25) is 18.1 Å². The van der Waals surface area contributed by atoms with E-state index in [-0.39, 0.29) is 16.8 Å². The van der Waals surface area contributed by atoms with Gasteiger partial charge >= 0.3 is 0 Å². The zero-order valence-electron chi connectivity index (χ0n) is 15.9. The maximum absolute atomic E-state index is 13.2. The maximum atomic E-state index is 13.2. The maximum Gasteiger partial charge on any atom is 0.192 e. The quantitative estimate of drug-likeness (QED) is 0.730. The topological polar surface area (TPSA) is 65.2 Å².